The molecule has 0 radical (unpaired) electrons. The second-order valence-electron chi connectivity index (χ2n) is 3.60. The molecule has 0 unspecified atom stereocenters. The Bertz CT molecular complexity index is 428. The molecule has 0 saturated carbocycles. The average Bonchev–Trinajstić information content (AvgIpc) is 2.30. The second kappa shape index (κ2) is 6.29. The van der Waals surface area contributed by atoms with Gasteiger partial charge in [-0.05, 0) is 6.42 Å². The van der Waals surface area contributed by atoms with E-state index in [-0.39, 0.29) is 6.07 Å². The lowest BCUT2D eigenvalue weighted by atomic mass is 10.1. The van der Waals surface area contributed by atoms with Gasteiger partial charge in [-0.25, -0.2) is 17.6 Å². The largest absolute Gasteiger partial charge is 0.204 e. The van der Waals surface area contributed by atoms with Gasteiger partial charge in [0.1, 0.15) is 5.56 Å². The van der Waals surface area contributed by atoms with Crippen LogP contribution in [0, 0.1) is 35.1 Å². The van der Waals surface area contributed by atoms with Crippen molar-refractivity contribution in [1.29, 1.82) is 0 Å². The third-order valence-corrected chi connectivity index (χ3v) is 2.23. The monoisotopic (exact) mass is 244 g/mol. The summed E-state index contributed by atoms with van der Waals surface area (Å²) in [6.45, 7) is 2.01. The number of rotatable bonds is 3. The smallest absolute Gasteiger partial charge is 0.177 e. The summed E-state index contributed by atoms with van der Waals surface area (Å²) in [5.74, 6) is -1.08. The summed E-state index contributed by atoms with van der Waals surface area (Å²) < 4.78 is 51.9. The molecule has 0 bridgehead atoms. The van der Waals surface area contributed by atoms with Gasteiger partial charge in [-0.1, -0.05) is 31.6 Å². The highest BCUT2D eigenvalue weighted by atomic mass is 19.2. The molecule has 92 valence electrons. The maximum absolute atomic E-state index is 13.1. The Morgan fingerprint density at radius 2 is 1.59 bits per heavy atom. The number of benzene rings is 1. The zero-order chi connectivity index (χ0) is 12.8. The number of hydrogen-bond donors (Lipinski definition) is 0. The third-order valence-electron chi connectivity index (χ3n) is 2.23. The minimum atomic E-state index is -1.44. The normalized spacial score (nSPS) is 9.94. The van der Waals surface area contributed by atoms with E-state index in [1.54, 1.807) is 0 Å². The maximum Gasteiger partial charge on any atom is 0.177 e. The van der Waals surface area contributed by atoms with Crippen LogP contribution in [0.1, 0.15) is 38.2 Å². The van der Waals surface area contributed by atoms with E-state index in [1.807, 2.05) is 6.92 Å². The summed E-state index contributed by atoms with van der Waals surface area (Å²) in [5.41, 5.74) is -0.834. The quantitative estimate of drug-likeness (QED) is 0.324. The predicted octanol–water partition coefficient (Wildman–Crippen LogP) is 4.17. The zero-order valence-electron chi connectivity index (χ0n) is 9.42. The van der Waals surface area contributed by atoms with E-state index in [1.165, 1.54) is 0 Å². The third kappa shape index (κ3) is 3.48. The van der Waals surface area contributed by atoms with Gasteiger partial charge in [0.25, 0.3) is 0 Å². The van der Waals surface area contributed by atoms with Gasteiger partial charge in [-0.15, -0.1) is 0 Å². The van der Waals surface area contributed by atoms with Crippen molar-refractivity contribution < 1.29 is 17.6 Å². The van der Waals surface area contributed by atoms with Gasteiger partial charge in [0.05, 0.1) is 0 Å². The van der Waals surface area contributed by atoms with Crippen LogP contribution in [0.5, 0.6) is 0 Å². The Kier molecular flexibility index (Phi) is 5.02. The van der Waals surface area contributed by atoms with Crippen molar-refractivity contribution in [2.75, 3.05) is 0 Å². The van der Waals surface area contributed by atoms with Crippen LogP contribution >= 0.6 is 0 Å². The van der Waals surface area contributed by atoms with E-state index in [4.69, 9.17) is 0 Å². The minimum absolute atomic E-state index is 0.174. The fourth-order valence-corrected chi connectivity index (χ4v) is 1.30. The highest BCUT2D eigenvalue weighted by Crippen LogP contribution is 2.18. The van der Waals surface area contributed by atoms with Crippen molar-refractivity contribution in [3.05, 3.63) is 34.9 Å². The summed E-state index contributed by atoms with van der Waals surface area (Å²) in [4.78, 5) is 0. The zero-order valence-corrected chi connectivity index (χ0v) is 9.42. The van der Waals surface area contributed by atoms with Gasteiger partial charge in [0.2, 0.25) is 0 Å². The number of unbranched alkanes of at least 4 members (excludes halogenated alkanes) is 3. The minimum Gasteiger partial charge on any atom is -0.204 e. The van der Waals surface area contributed by atoms with Crippen LogP contribution in [0.2, 0.25) is 0 Å². The van der Waals surface area contributed by atoms with Crippen LogP contribution in [0.25, 0.3) is 0 Å². The average molecular weight is 244 g/mol. The van der Waals surface area contributed by atoms with Gasteiger partial charge in [0.15, 0.2) is 23.3 Å². The Labute approximate surface area is 97.6 Å². The fourth-order valence-electron chi connectivity index (χ4n) is 1.30. The highest BCUT2D eigenvalue weighted by Gasteiger charge is 2.17. The van der Waals surface area contributed by atoms with E-state index < -0.39 is 28.8 Å². The van der Waals surface area contributed by atoms with Crippen molar-refractivity contribution >= 4 is 0 Å². The molecule has 0 fully saturated rings. The molecule has 0 nitrogen and oxygen atoms in total. The molecule has 0 heterocycles. The first kappa shape index (κ1) is 13.6. The van der Waals surface area contributed by atoms with Crippen LogP contribution < -0.4 is 0 Å². The van der Waals surface area contributed by atoms with Gasteiger partial charge in [0, 0.05) is 12.5 Å². The molecule has 1 aromatic rings. The first-order valence-electron chi connectivity index (χ1n) is 5.39. The van der Waals surface area contributed by atoms with Gasteiger partial charge >= 0.3 is 0 Å². The van der Waals surface area contributed by atoms with E-state index in [9.17, 15) is 17.6 Å². The van der Waals surface area contributed by atoms with Crippen LogP contribution in [-0.2, 0) is 0 Å². The summed E-state index contributed by atoms with van der Waals surface area (Å²) in [6, 6.07) is 0.174. The topological polar surface area (TPSA) is 0 Å². The van der Waals surface area contributed by atoms with E-state index in [0.717, 1.165) is 19.3 Å². The standard InChI is InChI=1S/C13H12F4/c1-2-3-4-5-6-7-9-12(16)10(14)8-11(15)13(9)17/h8H,2-5H2,1H3. The Morgan fingerprint density at radius 1 is 1.00 bits per heavy atom. The molecule has 0 saturated heterocycles. The molecular formula is C13H12F4. The van der Waals surface area contributed by atoms with Crippen LogP contribution in [0.4, 0.5) is 17.6 Å². The predicted molar refractivity (Wildman–Crippen MR) is 57.3 cm³/mol. The SMILES string of the molecule is CCCCCC#Cc1c(F)c(F)cc(F)c1F. The molecule has 1 rings (SSSR count). The number of halogens is 4. The molecule has 0 amide bonds. The van der Waals surface area contributed by atoms with E-state index >= 15 is 0 Å². The molecule has 0 aliphatic heterocycles. The fraction of sp³-hybridized carbons (Fsp3) is 0.385. The second-order valence-corrected chi connectivity index (χ2v) is 3.60. The van der Waals surface area contributed by atoms with Crippen LogP contribution in [0.15, 0.2) is 6.07 Å². The van der Waals surface area contributed by atoms with E-state index in [2.05, 4.69) is 11.8 Å². The lowest BCUT2D eigenvalue weighted by Gasteiger charge is -1.99. The molecule has 0 atom stereocenters. The van der Waals surface area contributed by atoms with Gasteiger partial charge in [-0.2, -0.15) is 0 Å². The van der Waals surface area contributed by atoms with Gasteiger partial charge in [-0.3, -0.25) is 0 Å². The Balaban J connectivity index is 2.90. The lowest BCUT2D eigenvalue weighted by Crippen LogP contribution is -1.98. The molecule has 1 aromatic carbocycles. The van der Waals surface area contributed by atoms with E-state index in [0.29, 0.717) is 6.42 Å². The molecule has 0 spiro atoms. The van der Waals surface area contributed by atoms with Gasteiger partial charge < -0.3 is 0 Å². The summed E-state index contributed by atoms with van der Waals surface area (Å²) >= 11 is 0. The molecule has 4 heteroatoms. The molecule has 0 aliphatic rings. The van der Waals surface area contributed by atoms with Crippen molar-refractivity contribution in [3.8, 4) is 11.8 Å². The molecule has 0 aliphatic carbocycles. The van der Waals surface area contributed by atoms with Crippen LogP contribution in [0.3, 0.4) is 0 Å². The van der Waals surface area contributed by atoms with Crippen molar-refractivity contribution in [2.45, 2.75) is 32.6 Å². The maximum atomic E-state index is 13.1. The lowest BCUT2D eigenvalue weighted by molar-refractivity contribution is 0.450. The molecule has 0 N–H and O–H groups in total. The van der Waals surface area contributed by atoms with Crippen molar-refractivity contribution in [1.82, 2.24) is 0 Å². The van der Waals surface area contributed by atoms with Crippen LogP contribution in [-0.4, -0.2) is 0 Å². The first-order valence-corrected chi connectivity index (χ1v) is 5.39. The molecule has 0 aromatic heterocycles. The summed E-state index contributed by atoms with van der Waals surface area (Å²) in [7, 11) is 0. The van der Waals surface area contributed by atoms with Crippen molar-refractivity contribution in [2.24, 2.45) is 0 Å². The highest BCUT2D eigenvalue weighted by molar-refractivity contribution is 5.37. The van der Waals surface area contributed by atoms with Crippen molar-refractivity contribution in [3.63, 3.8) is 0 Å². The summed E-state index contributed by atoms with van der Waals surface area (Å²) in [6.07, 6.45) is 3.20. The Morgan fingerprint density at radius 3 is 2.12 bits per heavy atom. The number of hydrogen-bond acceptors (Lipinski definition) is 0. The molecule has 17 heavy (non-hydrogen) atoms. The first-order chi connectivity index (χ1) is 8.07. The summed E-state index contributed by atoms with van der Waals surface area (Å²) in [5, 5.41) is 0. The molecular weight excluding hydrogens is 232 g/mol. The Hall–Kier alpha value is -1.50.